The first-order valence-corrected chi connectivity index (χ1v) is 11.3. The molecule has 2 atom stereocenters. The molecule has 1 N–H and O–H groups in total. The van der Waals surface area contributed by atoms with E-state index in [0.717, 1.165) is 48.6 Å². The summed E-state index contributed by atoms with van der Waals surface area (Å²) >= 11 is 0. The summed E-state index contributed by atoms with van der Waals surface area (Å²) < 4.78 is 0. The molecular weight excluding hydrogens is 402 g/mol. The van der Waals surface area contributed by atoms with Crippen molar-refractivity contribution in [2.24, 2.45) is 0 Å². The van der Waals surface area contributed by atoms with Crippen LogP contribution in [0.5, 0.6) is 0 Å². The smallest absolute Gasteiger partial charge is 0.254 e. The van der Waals surface area contributed by atoms with Crippen molar-refractivity contribution in [1.29, 1.82) is 0 Å². The van der Waals surface area contributed by atoms with Gasteiger partial charge in [-0.05, 0) is 49.1 Å². The van der Waals surface area contributed by atoms with Gasteiger partial charge in [0.1, 0.15) is 0 Å². The minimum Gasteiger partial charge on any atom is -0.333 e. The van der Waals surface area contributed by atoms with Gasteiger partial charge in [0.2, 0.25) is 5.95 Å². The highest BCUT2D eigenvalue weighted by Crippen LogP contribution is 2.57. The van der Waals surface area contributed by atoms with Crippen LogP contribution in [0.25, 0.3) is 11.3 Å². The Morgan fingerprint density at radius 3 is 2.72 bits per heavy atom. The van der Waals surface area contributed by atoms with Crippen LogP contribution in [0.15, 0.2) is 48.9 Å². The number of anilines is 2. The van der Waals surface area contributed by atoms with Crippen molar-refractivity contribution in [2.75, 3.05) is 24.5 Å². The molecular formula is C24H23N7O. The summed E-state index contributed by atoms with van der Waals surface area (Å²) in [6.45, 7) is 2.58. The zero-order valence-corrected chi connectivity index (χ0v) is 17.6. The highest BCUT2D eigenvalue weighted by molar-refractivity contribution is 5.96. The van der Waals surface area contributed by atoms with Crippen LogP contribution in [0.1, 0.15) is 35.2 Å². The topological polar surface area (TPSA) is 87.1 Å². The second-order valence-corrected chi connectivity index (χ2v) is 9.43. The Kier molecular flexibility index (Phi) is 3.73. The first kappa shape index (κ1) is 18.2. The van der Waals surface area contributed by atoms with Gasteiger partial charge in [0.05, 0.1) is 5.69 Å². The van der Waals surface area contributed by atoms with E-state index in [4.69, 9.17) is 0 Å². The van der Waals surface area contributed by atoms with Crippen LogP contribution >= 0.6 is 0 Å². The van der Waals surface area contributed by atoms with E-state index < -0.39 is 0 Å². The summed E-state index contributed by atoms with van der Waals surface area (Å²) in [5, 5.41) is 11.5. The first-order valence-electron chi connectivity index (χ1n) is 11.3. The molecule has 0 radical (unpaired) electrons. The van der Waals surface area contributed by atoms with Crippen molar-refractivity contribution < 1.29 is 4.79 Å². The molecule has 4 aliphatic rings. The van der Waals surface area contributed by atoms with Crippen LogP contribution in [0.3, 0.4) is 0 Å². The fraction of sp³-hybridized carbons (Fsp3) is 0.375. The van der Waals surface area contributed by atoms with Crippen molar-refractivity contribution in [2.45, 2.75) is 36.8 Å². The predicted molar refractivity (Wildman–Crippen MR) is 119 cm³/mol. The van der Waals surface area contributed by atoms with Crippen molar-refractivity contribution in [3.63, 3.8) is 0 Å². The highest BCUT2D eigenvalue weighted by atomic mass is 16.2. The monoisotopic (exact) mass is 425 g/mol. The number of carbonyl (C=O) groups excluding carboxylic acids is 1. The van der Waals surface area contributed by atoms with Gasteiger partial charge in [0.15, 0.2) is 0 Å². The molecule has 8 heteroatoms. The molecule has 1 saturated carbocycles. The summed E-state index contributed by atoms with van der Waals surface area (Å²) in [6, 6.07) is 10.8. The van der Waals surface area contributed by atoms with Gasteiger partial charge in [-0.2, -0.15) is 10.2 Å². The molecule has 3 aliphatic heterocycles. The number of amides is 1. The number of rotatable bonds is 3. The van der Waals surface area contributed by atoms with Crippen molar-refractivity contribution in [3.8, 4) is 11.3 Å². The molecule has 7 rings (SSSR count). The zero-order valence-electron chi connectivity index (χ0n) is 17.6. The minimum absolute atomic E-state index is 0.136. The third-order valence-electron chi connectivity index (χ3n) is 7.49. The number of likely N-dealkylation sites (tertiary alicyclic amines) is 1. The molecule has 1 aliphatic carbocycles. The van der Waals surface area contributed by atoms with Crippen molar-refractivity contribution in [1.82, 2.24) is 30.4 Å². The fourth-order valence-corrected chi connectivity index (χ4v) is 5.59. The van der Waals surface area contributed by atoms with Crippen LogP contribution in [-0.4, -0.2) is 62.7 Å². The molecule has 160 valence electrons. The normalized spacial score (nSPS) is 24.2. The Bertz CT molecular complexity index is 1210. The molecule has 32 heavy (non-hydrogen) atoms. The number of fused-ring (bicyclic) bond motifs is 4. The Balaban J connectivity index is 1.22. The maximum absolute atomic E-state index is 13.3. The van der Waals surface area contributed by atoms with Crippen LogP contribution in [-0.2, 0) is 5.41 Å². The van der Waals surface area contributed by atoms with Gasteiger partial charge in [0.25, 0.3) is 5.91 Å². The maximum Gasteiger partial charge on any atom is 0.254 e. The van der Waals surface area contributed by atoms with Gasteiger partial charge >= 0.3 is 0 Å². The van der Waals surface area contributed by atoms with Crippen LogP contribution < -0.4 is 10.2 Å². The van der Waals surface area contributed by atoms with Crippen LogP contribution in [0.2, 0.25) is 0 Å². The Hall–Kier alpha value is -3.39. The Morgan fingerprint density at radius 1 is 1.16 bits per heavy atom. The second-order valence-electron chi connectivity index (χ2n) is 9.43. The van der Waals surface area contributed by atoms with Crippen molar-refractivity contribution in [3.05, 3.63) is 60.0 Å². The van der Waals surface area contributed by atoms with E-state index in [2.05, 4.69) is 42.5 Å². The lowest BCUT2D eigenvalue weighted by Crippen LogP contribution is -2.46. The third-order valence-corrected chi connectivity index (χ3v) is 7.49. The number of hydrogen-bond acceptors (Lipinski definition) is 7. The van der Waals surface area contributed by atoms with Gasteiger partial charge < -0.3 is 15.1 Å². The maximum atomic E-state index is 13.3. The molecule has 2 bridgehead atoms. The van der Waals surface area contributed by atoms with Gasteiger partial charge in [-0.1, -0.05) is 6.07 Å². The highest BCUT2D eigenvalue weighted by Gasteiger charge is 2.52. The molecule has 3 aromatic rings. The molecule has 5 heterocycles. The lowest BCUT2D eigenvalue weighted by Gasteiger charge is -2.28. The number of hydrogen-bond donors (Lipinski definition) is 1. The summed E-state index contributed by atoms with van der Waals surface area (Å²) in [5.74, 6) is 0.800. The van der Waals surface area contributed by atoms with Gasteiger partial charge in [0, 0.05) is 72.5 Å². The number of benzene rings is 1. The first-order chi connectivity index (χ1) is 15.7. The van der Waals surface area contributed by atoms with E-state index in [1.807, 2.05) is 23.1 Å². The minimum atomic E-state index is 0.136. The molecule has 3 fully saturated rings. The molecule has 1 amide bonds. The summed E-state index contributed by atoms with van der Waals surface area (Å²) in [5.41, 5.74) is 4.92. The quantitative estimate of drug-likeness (QED) is 0.689. The van der Waals surface area contributed by atoms with Gasteiger partial charge in [-0.25, -0.2) is 9.97 Å². The standard InChI is InChI=1S/C24H23N7O/c32-22(30-13-17-9-18(30)12-25-17)15-3-4-19-21(8-15)31(14-24(19)5-6-24)23-26-10-16(11-27-23)20-2-1-7-28-29-20/h1-4,7-8,10-11,17-18,25H,5-6,9,12-14H2. The van der Waals surface area contributed by atoms with E-state index in [0.29, 0.717) is 18.0 Å². The number of nitrogens with zero attached hydrogens (tertiary/aromatic N) is 6. The van der Waals surface area contributed by atoms with Crippen LogP contribution in [0.4, 0.5) is 11.6 Å². The molecule has 1 spiro atoms. The van der Waals surface area contributed by atoms with Gasteiger partial charge in [-0.3, -0.25) is 4.79 Å². The average molecular weight is 425 g/mol. The molecule has 2 saturated heterocycles. The summed E-state index contributed by atoms with van der Waals surface area (Å²) in [6.07, 6.45) is 8.65. The largest absolute Gasteiger partial charge is 0.333 e. The Morgan fingerprint density at radius 2 is 2.03 bits per heavy atom. The zero-order chi connectivity index (χ0) is 21.3. The summed E-state index contributed by atoms with van der Waals surface area (Å²) in [4.78, 5) is 26.8. The number of carbonyl (C=O) groups is 1. The van der Waals surface area contributed by atoms with Crippen molar-refractivity contribution >= 4 is 17.5 Å². The number of nitrogens with one attached hydrogen (secondary N) is 1. The second kappa shape index (κ2) is 6.56. The molecule has 1 aromatic carbocycles. The van der Waals surface area contributed by atoms with E-state index in [-0.39, 0.29) is 11.3 Å². The SMILES string of the molecule is O=C(c1ccc2c(c1)N(c1ncc(-c3cccnn3)cn1)CC21CC1)N1CC2CC1CN2. The fourth-order valence-electron chi connectivity index (χ4n) is 5.59. The average Bonchev–Trinajstić information content (AvgIpc) is 3.17. The summed E-state index contributed by atoms with van der Waals surface area (Å²) in [7, 11) is 0. The van der Waals surface area contributed by atoms with E-state index >= 15 is 0 Å². The Labute approximate surface area is 185 Å². The van der Waals surface area contributed by atoms with Gasteiger partial charge in [-0.15, -0.1) is 0 Å². The van der Waals surface area contributed by atoms with Crippen LogP contribution in [0, 0.1) is 0 Å². The molecule has 2 aromatic heterocycles. The number of aromatic nitrogens is 4. The molecule has 2 unspecified atom stereocenters. The van der Waals surface area contributed by atoms with E-state index in [1.54, 1.807) is 18.6 Å². The third kappa shape index (κ3) is 2.69. The van der Waals surface area contributed by atoms with E-state index in [9.17, 15) is 4.79 Å². The lowest BCUT2D eigenvalue weighted by atomic mass is 9.97. The van der Waals surface area contributed by atoms with E-state index in [1.165, 1.54) is 18.4 Å². The number of piperazine rings is 1. The lowest BCUT2D eigenvalue weighted by molar-refractivity contribution is 0.0716. The predicted octanol–water partition coefficient (Wildman–Crippen LogP) is 2.30. The molecule has 8 nitrogen and oxygen atoms in total.